The van der Waals surface area contributed by atoms with Gasteiger partial charge in [0.1, 0.15) is 0 Å². The first kappa shape index (κ1) is 14.8. The topological polar surface area (TPSA) is 42.4 Å². The molecule has 0 bridgehead atoms. The van der Waals surface area contributed by atoms with Gasteiger partial charge in [-0.3, -0.25) is 0 Å². The SMILES string of the molecule is CCCCOCCCc1c(O)nc2ccccc2c1C. The number of aryl methyl sites for hydroxylation is 1. The van der Waals surface area contributed by atoms with Crippen molar-refractivity contribution in [2.24, 2.45) is 0 Å². The third kappa shape index (κ3) is 3.48. The summed E-state index contributed by atoms with van der Waals surface area (Å²) in [6.07, 6.45) is 4.00. The molecule has 1 N–H and O–H groups in total. The summed E-state index contributed by atoms with van der Waals surface area (Å²) in [5, 5.41) is 11.2. The molecule has 1 aromatic heterocycles. The van der Waals surface area contributed by atoms with Crippen LogP contribution in [-0.2, 0) is 11.2 Å². The Balaban J connectivity index is 2.02. The molecule has 2 rings (SSSR count). The first-order chi connectivity index (χ1) is 9.74. The van der Waals surface area contributed by atoms with E-state index in [1.165, 1.54) is 0 Å². The molecule has 0 fully saturated rings. The molecule has 0 spiro atoms. The molecule has 20 heavy (non-hydrogen) atoms. The van der Waals surface area contributed by atoms with Gasteiger partial charge < -0.3 is 9.84 Å². The van der Waals surface area contributed by atoms with Crippen molar-refractivity contribution in [1.82, 2.24) is 4.98 Å². The van der Waals surface area contributed by atoms with Crippen molar-refractivity contribution in [2.75, 3.05) is 13.2 Å². The Hall–Kier alpha value is -1.61. The summed E-state index contributed by atoms with van der Waals surface area (Å²) >= 11 is 0. The Morgan fingerprint density at radius 1 is 1.15 bits per heavy atom. The van der Waals surface area contributed by atoms with Gasteiger partial charge in [-0.1, -0.05) is 31.5 Å². The van der Waals surface area contributed by atoms with Gasteiger partial charge in [-0.2, -0.15) is 0 Å². The summed E-state index contributed by atoms with van der Waals surface area (Å²) in [4.78, 5) is 4.28. The zero-order valence-corrected chi connectivity index (χ0v) is 12.4. The van der Waals surface area contributed by atoms with Crippen LogP contribution >= 0.6 is 0 Å². The fraction of sp³-hybridized carbons (Fsp3) is 0.471. The fourth-order valence-corrected chi connectivity index (χ4v) is 2.40. The molecule has 2 aromatic rings. The Kier molecular flexibility index (Phi) is 5.36. The molecule has 0 saturated heterocycles. The van der Waals surface area contributed by atoms with Crippen LogP contribution in [0.2, 0.25) is 0 Å². The molecular weight excluding hydrogens is 250 g/mol. The predicted molar refractivity (Wildman–Crippen MR) is 82.2 cm³/mol. The van der Waals surface area contributed by atoms with Crippen LogP contribution in [0.25, 0.3) is 10.9 Å². The lowest BCUT2D eigenvalue weighted by molar-refractivity contribution is 0.129. The lowest BCUT2D eigenvalue weighted by Crippen LogP contribution is -2.01. The summed E-state index contributed by atoms with van der Waals surface area (Å²) in [6.45, 7) is 5.78. The average Bonchev–Trinajstić information content (AvgIpc) is 2.45. The van der Waals surface area contributed by atoms with E-state index in [-0.39, 0.29) is 5.88 Å². The van der Waals surface area contributed by atoms with Crippen LogP contribution in [-0.4, -0.2) is 23.3 Å². The largest absolute Gasteiger partial charge is 0.493 e. The molecule has 0 saturated carbocycles. The van der Waals surface area contributed by atoms with Gasteiger partial charge in [0.05, 0.1) is 5.52 Å². The summed E-state index contributed by atoms with van der Waals surface area (Å²) in [5.74, 6) is 0.162. The van der Waals surface area contributed by atoms with Gasteiger partial charge in [-0.05, 0) is 37.8 Å². The number of ether oxygens (including phenoxy) is 1. The standard InChI is InChI=1S/C17H23NO2/c1-3-4-11-20-12-7-9-15-13(2)14-8-5-6-10-16(14)18-17(15)19/h5-6,8,10H,3-4,7,9,11-12H2,1-2H3,(H,18,19). The highest BCUT2D eigenvalue weighted by Gasteiger charge is 2.10. The van der Waals surface area contributed by atoms with Crippen LogP contribution in [0.4, 0.5) is 0 Å². The smallest absolute Gasteiger partial charge is 0.214 e. The predicted octanol–water partition coefficient (Wildman–Crippen LogP) is 4.00. The molecule has 3 heteroatoms. The number of aromatic hydroxyl groups is 1. The van der Waals surface area contributed by atoms with E-state index >= 15 is 0 Å². The monoisotopic (exact) mass is 273 g/mol. The van der Waals surface area contributed by atoms with E-state index in [1.54, 1.807) is 0 Å². The molecule has 0 aliphatic rings. The number of benzene rings is 1. The van der Waals surface area contributed by atoms with Crippen LogP contribution in [0.1, 0.15) is 37.3 Å². The second-order valence-electron chi connectivity index (χ2n) is 5.13. The Morgan fingerprint density at radius 3 is 2.70 bits per heavy atom. The van der Waals surface area contributed by atoms with E-state index in [0.717, 1.165) is 60.9 Å². The molecule has 3 nitrogen and oxygen atoms in total. The van der Waals surface area contributed by atoms with Gasteiger partial charge in [-0.15, -0.1) is 0 Å². The molecule has 0 unspecified atom stereocenters. The van der Waals surface area contributed by atoms with E-state index in [2.05, 4.69) is 24.9 Å². The maximum atomic E-state index is 10.1. The highest BCUT2D eigenvalue weighted by Crippen LogP contribution is 2.27. The van der Waals surface area contributed by atoms with E-state index in [9.17, 15) is 5.11 Å². The maximum Gasteiger partial charge on any atom is 0.214 e. The number of hydrogen-bond acceptors (Lipinski definition) is 3. The number of unbranched alkanes of at least 4 members (excludes halogenated alkanes) is 1. The van der Waals surface area contributed by atoms with Gasteiger partial charge in [0.15, 0.2) is 0 Å². The lowest BCUT2D eigenvalue weighted by Gasteiger charge is -2.11. The summed E-state index contributed by atoms with van der Waals surface area (Å²) < 4.78 is 5.56. The van der Waals surface area contributed by atoms with Crippen LogP contribution in [0, 0.1) is 6.92 Å². The van der Waals surface area contributed by atoms with Gasteiger partial charge in [0, 0.05) is 24.2 Å². The molecule has 1 aromatic carbocycles. The Morgan fingerprint density at radius 2 is 1.90 bits per heavy atom. The van der Waals surface area contributed by atoms with E-state index in [1.807, 2.05) is 18.2 Å². The number of hydrogen-bond donors (Lipinski definition) is 1. The lowest BCUT2D eigenvalue weighted by atomic mass is 10.0. The van der Waals surface area contributed by atoms with E-state index in [0.29, 0.717) is 0 Å². The van der Waals surface area contributed by atoms with Crippen molar-refractivity contribution in [1.29, 1.82) is 0 Å². The second kappa shape index (κ2) is 7.25. The fourth-order valence-electron chi connectivity index (χ4n) is 2.40. The van der Waals surface area contributed by atoms with Crippen molar-refractivity contribution in [3.8, 4) is 5.88 Å². The van der Waals surface area contributed by atoms with E-state index in [4.69, 9.17) is 4.74 Å². The number of pyridine rings is 1. The van der Waals surface area contributed by atoms with Gasteiger partial charge >= 0.3 is 0 Å². The zero-order chi connectivity index (χ0) is 14.4. The number of aromatic nitrogens is 1. The van der Waals surface area contributed by atoms with Crippen molar-refractivity contribution < 1.29 is 9.84 Å². The number of fused-ring (bicyclic) bond motifs is 1. The number of nitrogens with zero attached hydrogens (tertiary/aromatic N) is 1. The van der Waals surface area contributed by atoms with Crippen LogP contribution in [0.3, 0.4) is 0 Å². The van der Waals surface area contributed by atoms with Crippen LogP contribution in [0.15, 0.2) is 24.3 Å². The molecule has 0 atom stereocenters. The van der Waals surface area contributed by atoms with Crippen LogP contribution < -0.4 is 0 Å². The minimum absolute atomic E-state index is 0.162. The minimum Gasteiger partial charge on any atom is -0.493 e. The third-order valence-electron chi connectivity index (χ3n) is 3.61. The van der Waals surface area contributed by atoms with Crippen molar-refractivity contribution in [2.45, 2.75) is 39.5 Å². The normalized spacial score (nSPS) is 11.1. The van der Waals surface area contributed by atoms with Gasteiger partial charge in [0.2, 0.25) is 5.88 Å². The number of rotatable bonds is 7. The van der Waals surface area contributed by atoms with E-state index < -0.39 is 0 Å². The van der Waals surface area contributed by atoms with Gasteiger partial charge in [-0.25, -0.2) is 4.98 Å². The molecular formula is C17H23NO2. The quantitative estimate of drug-likeness (QED) is 0.775. The van der Waals surface area contributed by atoms with Crippen LogP contribution in [0.5, 0.6) is 5.88 Å². The number of para-hydroxylation sites is 1. The molecule has 0 amide bonds. The minimum atomic E-state index is 0.162. The third-order valence-corrected chi connectivity index (χ3v) is 3.61. The first-order valence-electron chi connectivity index (χ1n) is 7.39. The summed E-state index contributed by atoms with van der Waals surface area (Å²) in [7, 11) is 0. The Bertz CT molecular complexity index is 566. The molecule has 0 aliphatic carbocycles. The molecule has 0 radical (unpaired) electrons. The van der Waals surface area contributed by atoms with Crippen molar-refractivity contribution >= 4 is 10.9 Å². The van der Waals surface area contributed by atoms with Crippen molar-refractivity contribution in [3.05, 3.63) is 35.4 Å². The molecule has 0 aliphatic heterocycles. The molecule has 1 heterocycles. The summed E-state index contributed by atoms with van der Waals surface area (Å²) in [5.41, 5.74) is 2.93. The Labute approximate surface area is 120 Å². The zero-order valence-electron chi connectivity index (χ0n) is 12.4. The van der Waals surface area contributed by atoms with Crippen molar-refractivity contribution in [3.63, 3.8) is 0 Å². The summed E-state index contributed by atoms with van der Waals surface area (Å²) in [6, 6.07) is 7.93. The maximum absolute atomic E-state index is 10.1. The highest BCUT2D eigenvalue weighted by molar-refractivity contribution is 5.83. The van der Waals surface area contributed by atoms with Gasteiger partial charge in [0.25, 0.3) is 0 Å². The average molecular weight is 273 g/mol. The first-order valence-corrected chi connectivity index (χ1v) is 7.39. The molecule has 108 valence electrons. The highest BCUT2D eigenvalue weighted by atomic mass is 16.5. The second-order valence-corrected chi connectivity index (χ2v) is 5.13.